The van der Waals surface area contributed by atoms with Crippen LogP contribution in [0.2, 0.25) is 0 Å². The Morgan fingerprint density at radius 3 is 2.85 bits per heavy atom. The highest BCUT2D eigenvalue weighted by molar-refractivity contribution is 9.10. The Kier molecular flexibility index (Phi) is 7.54. The van der Waals surface area contributed by atoms with Gasteiger partial charge in [0.2, 0.25) is 0 Å². The first-order chi connectivity index (χ1) is 9.63. The molecule has 0 bridgehead atoms. The van der Waals surface area contributed by atoms with Gasteiger partial charge < -0.3 is 10.2 Å². The van der Waals surface area contributed by atoms with Gasteiger partial charge in [-0.3, -0.25) is 4.79 Å². The van der Waals surface area contributed by atoms with Crippen molar-refractivity contribution in [2.75, 3.05) is 31.5 Å². The van der Waals surface area contributed by atoms with E-state index >= 15 is 0 Å². The molecular weight excluding hydrogens is 320 g/mol. The van der Waals surface area contributed by atoms with E-state index in [9.17, 15) is 4.79 Å². The van der Waals surface area contributed by atoms with E-state index in [1.54, 1.807) is 12.3 Å². The second-order valence-corrected chi connectivity index (χ2v) is 5.30. The van der Waals surface area contributed by atoms with Gasteiger partial charge in [0.15, 0.2) is 0 Å². The van der Waals surface area contributed by atoms with Crippen LogP contribution in [-0.4, -0.2) is 40.9 Å². The Morgan fingerprint density at radius 1 is 1.50 bits per heavy atom. The fraction of sp³-hybridized carbons (Fsp3) is 0.571. The zero-order chi connectivity index (χ0) is 15.0. The lowest BCUT2D eigenvalue weighted by Gasteiger charge is -2.20. The van der Waals surface area contributed by atoms with Gasteiger partial charge >= 0.3 is 0 Å². The summed E-state index contributed by atoms with van der Waals surface area (Å²) >= 11 is 3.33. The summed E-state index contributed by atoms with van der Waals surface area (Å²) in [6, 6.07) is 0. The van der Waals surface area contributed by atoms with Gasteiger partial charge in [0, 0.05) is 13.1 Å². The normalized spacial score (nSPS) is 10.8. The molecule has 1 heterocycles. The lowest BCUT2D eigenvalue weighted by Crippen LogP contribution is -2.30. The molecule has 0 unspecified atom stereocenters. The van der Waals surface area contributed by atoms with Crippen LogP contribution in [0.25, 0.3) is 0 Å². The summed E-state index contributed by atoms with van der Waals surface area (Å²) < 4.78 is 1.89. The van der Waals surface area contributed by atoms with Crippen molar-refractivity contribution in [3.63, 3.8) is 0 Å². The highest BCUT2D eigenvalue weighted by Gasteiger charge is 2.08. The molecule has 0 aliphatic heterocycles. The van der Waals surface area contributed by atoms with Crippen molar-refractivity contribution in [3.05, 3.63) is 33.7 Å². The fourth-order valence-corrected chi connectivity index (χ4v) is 2.38. The van der Waals surface area contributed by atoms with E-state index in [2.05, 4.69) is 51.7 Å². The van der Waals surface area contributed by atoms with Crippen molar-refractivity contribution >= 4 is 21.6 Å². The van der Waals surface area contributed by atoms with Crippen LogP contribution < -0.4 is 10.9 Å². The van der Waals surface area contributed by atoms with Crippen LogP contribution in [0, 0.1) is 0 Å². The van der Waals surface area contributed by atoms with Crippen LogP contribution >= 0.6 is 15.9 Å². The molecule has 1 rings (SSSR count). The number of aromatic nitrogens is 2. The predicted molar refractivity (Wildman–Crippen MR) is 87.3 cm³/mol. The minimum absolute atomic E-state index is 0.143. The van der Waals surface area contributed by atoms with E-state index in [0.717, 1.165) is 38.3 Å². The Morgan fingerprint density at radius 2 is 2.25 bits per heavy atom. The first-order valence-electron chi connectivity index (χ1n) is 6.96. The molecule has 1 aromatic rings. The molecule has 20 heavy (non-hydrogen) atoms. The van der Waals surface area contributed by atoms with Gasteiger partial charge in [-0.1, -0.05) is 19.9 Å². The van der Waals surface area contributed by atoms with Gasteiger partial charge in [0.1, 0.15) is 4.47 Å². The zero-order valence-corrected chi connectivity index (χ0v) is 13.8. The van der Waals surface area contributed by atoms with E-state index in [0.29, 0.717) is 11.0 Å². The number of rotatable bonds is 9. The van der Waals surface area contributed by atoms with Crippen LogP contribution in [0.1, 0.15) is 20.3 Å². The van der Waals surface area contributed by atoms with E-state index in [4.69, 9.17) is 0 Å². The van der Waals surface area contributed by atoms with E-state index in [1.807, 2.05) is 0 Å². The average Bonchev–Trinajstić information content (AvgIpc) is 2.45. The Balaban J connectivity index is 2.63. The summed E-state index contributed by atoms with van der Waals surface area (Å²) in [7, 11) is 0. The molecule has 5 nitrogen and oxygen atoms in total. The third-order valence-corrected chi connectivity index (χ3v) is 3.78. The molecule has 0 saturated heterocycles. The molecule has 0 aliphatic rings. The van der Waals surface area contributed by atoms with Gasteiger partial charge in [-0.2, -0.15) is 5.10 Å². The maximum atomic E-state index is 12.0. The topological polar surface area (TPSA) is 50.2 Å². The van der Waals surface area contributed by atoms with Crippen molar-refractivity contribution in [3.8, 4) is 0 Å². The van der Waals surface area contributed by atoms with Crippen LogP contribution in [0.5, 0.6) is 0 Å². The third-order valence-electron chi connectivity index (χ3n) is 3.02. The lowest BCUT2D eigenvalue weighted by atomic mass is 10.4. The third kappa shape index (κ3) is 4.76. The smallest absolute Gasteiger partial charge is 0.283 e. The number of hydrogen-bond donors (Lipinski definition) is 1. The van der Waals surface area contributed by atoms with E-state index < -0.39 is 0 Å². The fourth-order valence-electron chi connectivity index (χ4n) is 1.93. The number of halogens is 1. The Bertz CT molecular complexity index is 487. The summed E-state index contributed by atoms with van der Waals surface area (Å²) in [5.74, 6) is 0. The Labute approximate surface area is 128 Å². The monoisotopic (exact) mass is 342 g/mol. The quantitative estimate of drug-likeness (QED) is 0.700. The number of hydrogen-bond acceptors (Lipinski definition) is 4. The van der Waals surface area contributed by atoms with Crippen LogP contribution in [0.3, 0.4) is 0 Å². The summed E-state index contributed by atoms with van der Waals surface area (Å²) in [5, 5.41) is 7.37. The van der Waals surface area contributed by atoms with E-state index in [1.165, 1.54) is 4.68 Å². The molecule has 0 atom stereocenters. The average molecular weight is 343 g/mol. The highest BCUT2D eigenvalue weighted by atomic mass is 79.9. The van der Waals surface area contributed by atoms with Crippen molar-refractivity contribution in [2.24, 2.45) is 0 Å². The number of nitrogens with zero attached hydrogens (tertiary/aromatic N) is 3. The molecule has 1 N–H and O–H groups in total. The lowest BCUT2D eigenvalue weighted by molar-refractivity contribution is 0.300. The molecule has 0 radical (unpaired) electrons. The predicted octanol–water partition coefficient (Wildman–Crippen LogP) is 2.34. The van der Waals surface area contributed by atoms with Crippen LogP contribution in [0.15, 0.2) is 28.1 Å². The summed E-state index contributed by atoms with van der Waals surface area (Å²) in [6.07, 6.45) is 4.47. The number of likely N-dealkylation sites (N-methyl/N-ethyl adjacent to an activating group) is 1. The van der Waals surface area contributed by atoms with Gasteiger partial charge in [0.05, 0.1) is 18.4 Å². The molecule has 1 aromatic heterocycles. The largest absolute Gasteiger partial charge is 0.381 e. The molecule has 0 saturated carbocycles. The standard InChI is InChI=1S/C14H23BrN4O/c1-4-8-18(6-3)10-7-16-12-11-17-19(9-5-2)14(20)13(12)15/h5,11,16H,2,4,6-10H2,1,3H3. The minimum Gasteiger partial charge on any atom is -0.381 e. The Hall–Kier alpha value is -1.14. The molecule has 112 valence electrons. The molecule has 0 aromatic carbocycles. The first kappa shape index (κ1) is 16.9. The second-order valence-electron chi connectivity index (χ2n) is 4.51. The molecule has 6 heteroatoms. The van der Waals surface area contributed by atoms with E-state index in [-0.39, 0.29) is 5.56 Å². The highest BCUT2D eigenvalue weighted by Crippen LogP contribution is 2.15. The minimum atomic E-state index is -0.143. The van der Waals surface area contributed by atoms with Crippen LogP contribution in [-0.2, 0) is 6.54 Å². The van der Waals surface area contributed by atoms with Gasteiger partial charge in [-0.05, 0) is 35.4 Å². The van der Waals surface area contributed by atoms with Gasteiger partial charge in [-0.15, -0.1) is 6.58 Å². The SMILES string of the molecule is C=CCn1ncc(NCCN(CC)CCC)c(Br)c1=O. The van der Waals surface area contributed by atoms with Crippen molar-refractivity contribution < 1.29 is 0 Å². The summed E-state index contributed by atoms with van der Waals surface area (Å²) in [4.78, 5) is 14.4. The molecule has 0 aliphatic carbocycles. The first-order valence-corrected chi connectivity index (χ1v) is 7.76. The molecular formula is C14H23BrN4O. The number of nitrogens with one attached hydrogen (secondary N) is 1. The van der Waals surface area contributed by atoms with Crippen LogP contribution in [0.4, 0.5) is 5.69 Å². The number of allylic oxidation sites excluding steroid dienone is 1. The van der Waals surface area contributed by atoms with Crippen molar-refractivity contribution in [1.29, 1.82) is 0 Å². The van der Waals surface area contributed by atoms with Crippen molar-refractivity contribution in [1.82, 2.24) is 14.7 Å². The number of anilines is 1. The molecule has 0 spiro atoms. The summed E-state index contributed by atoms with van der Waals surface area (Å²) in [6.45, 7) is 12.2. The second kappa shape index (κ2) is 8.92. The van der Waals surface area contributed by atoms with Gasteiger partial charge in [0.25, 0.3) is 5.56 Å². The maximum absolute atomic E-state index is 12.0. The zero-order valence-electron chi connectivity index (χ0n) is 12.2. The molecule has 0 fully saturated rings. The summed E-state index contributed by atoms with van der Waals surface area (Å²) in [5.41, 5.74) is 0.596. The maximum Gasteiger partial charge on any atom is 0.283 e. The van der Waals surface area contributed by atoms with Gasteiger partial charge in [-0.25, -0.2) is 4.68 Å². The van der Waals surface area contributed by atoms with Crippen molar-refractivity contribution in [2.45, 2.75) is 26.8 Å². The molecule has 0 amide bonds.